The molecule has 0 aliphatic carbocycles. The molecule has 0 atom stereocenters. The van der Waals surface area contributed by atoms with E-state index in [2.05, 4.69) is 30.3 Å². The van der Waals surface area contributed by atoms with Crippen LogP contribution in [-0.2, 0) is 5.41 Å². The molecule has 0 saturated carbocycles. The first kappa shape index (κ1) is 19.7. The Bertz CT molecular complexity index is 1660. The fraction of sp³-hybridized carbons (Fsp3) is 0.143. The number of para-hydroxylation sites is 2. The first-order valence-corrected chi connectivity index (χ1v) is 11.0. The van der Waals surface area contributed by atoms with Gasteiger partial charge in [-0.1, -0.05) is 57.2 Å². The van der Waals surface area contributed by atoms with Crippen LogP contribution >= 0.6 is 0 Å². The number of hydrogen-bond donors (Lipinski definition) is 0. The van der Waals surface area contributed by atoms with Crippen molar-refractivity contribution in [3.63, 3.8) is 0 Å². The van der Waals surface area contributed by atoms with Crippen LogP contribution in [0.4, 0.5) is 4.39 Å². The lowest BCUT2D eigenvalue weighted by molar-refractivity contribution is 0.574. The second-order valence-electron chi connectivity index (χ2n) is 9.28. The lowest BCUT2D eigenvalue weighted by atomic mass is 9.91. The van der Waals surface area contributed by atoms with Crippen LogP contribution in [0.5, 0.6) is 0 Å². The molecule has 6 rings (SSSR count). The number of aromatic nitrogens is 3. The number of hydrogen-bond acceptors (Lipinski definition) is 3. The summed E-state index contributed by atoms with van der Waals surface area (Å²) >= 11 is 0. The Balaban J connectivity index is 1.77. The summed E-state index contributed by atoms with van der Waals surface area (Å²) in [4.78, 5) is 9.77. The van der Waals surface area contributed by atoms with Crippen molar-refractivity contribution in [3.05, 3.63) is 90.5 Å². The zero-order chi connectivity index (χ0) is 22.7. The molecule has 3 aromatic heterocycles. The Morgan fingerprint density at radius 2 is 1.64 bits per heavy atom. The number of fused-ring (bicyclic) bond motifs is 4. The molecule has 0 saturated heterocycles. The van der Waals surface area contributed by atoms with Crippen molar-refractivity contribution < 1.29 is 8.81 Å². The number of imidazole rings is 1. The fourth-order valence-corrected chi connectivity index (χ4v) is 4.54. The predicted molar refractivity (Wildman–Crippen MR) is 130 cm³/mol. The summed E-state index contributed by atoms with van der Waals surface area (Å²) in [5, 5.41) is 1.23. The molecule has 0 aliphatic rings. The van der Waals surface area contributed by atoms with Crippen LogP contribution in [0.25, 0.3) is 50.0 Å². The summed E-state index contributed by atoms with van der Waals surface area (Å²) in [5.41, 5.74) is 5.36. The highest BCUT2D eigenvalue weighted by Crippen LogP contribution is 2.40. The van der Waals surface area contributed by atoms with Gasteiger partial charge in [-0.15, -0.1) is 0 Å². The number of furan rings is 1. The fourth-order valence-electron chi connectivity index (χ4n) is 4.54. The molecule has 162 valence electrons. The molecular weight excluding hydrogens is 413 g/mol. The van der Waals surface area contributed by atoms with Crippen molar-refractivity contribution in [1.29, 1.82) is 0 Å². The number of pyridine rings is 1. The Morgan fingerprint density at radius 3 is 2.42 bits per heavy atom. The number of nitrogens with zero attached hydrogens (tertiary/aromatic N) is 3. The highest BCUT2D eigenvalue weighted by molar-refractivity contribution is 6.09. The maximum atomic E-state index is 15.0. The third-order valence-corrected chi connectivity index (χ3v) is 6.01. The van der Waals surface area contributed by atoms with Crippen molar-refractivity contribution in [2.45, 2.75) is 26.2 Å². The van der Waals surface area contributed by atoms with Gasteiger partial charge in [-0.25, -0.2) is 9.37 Å². The number of benzene rings is 3. The van der Waals surface area contributed by atoms with Crippen LogP contribution in [0.1, 0.15) is 26.5 Å². The van der Waals surface area contributed by atoms with Crippen LogP contribution < -0.4 is 0 Å². The minimum atomic E-state index is -0.307. The van der Waals surface area contributed by atoms with Crippen LogP contribution in [0.2, 0.25) is 0 Å². The summed E-state index contributed by atoms with van der Waals surface area (Å²) in [6.07, 6.45) is 1.83. The van der Waals surface area contributed by atoms with E-state index in [9.17, 15) is 4.39 Å². The van der Waals surface area contributed by atoms with E-state index in [4.69, 9.17) is 9.40 Å². The van der Waals surface area contributed by atoms with Crippen molar-refractivity contribution >= 4 is 33.0 Å². The molecule has 6 aromatic rings. The highest BCUT2D eigenvalue weighted by atomic mass is 19.1. The summed E-state index contributed by atoms with van der Waals surface area (Å²) in [7, 11) is 0. The van der Waals surface area contributed by atoms with Gasteiger partial charge in [0, 0.05) is 22.7 Å². The molecule has 0 radical (unpaired) electrons. The normalized spacial score (nSPS) is 12.2. The average Bonchev–Trinajstić information content (AvgIpc) is 3.38. The first-order valence-electron chi connectivity index (χ1n) is 11.0. The van der Waals surface area contributed by atoms with E-state index < -0.39 is 0 Å². The quantitative estimate of drug-likeness (QED) is 0.284. The van der Waals surface area contributed by atoms with E-state index in [1.54, 1.807) is 6.07 Å². The Labute approximate surface area is 190 Å². The maximum Gasteiger partial charge on any atom is 0.149 e. The molecule has 0 bridgehead atoms. The molecule has 0 spiro atoms. The molecule has 5 heteroatoms. The van der Waals surface area contributed by atoms with Gasteiger partial charge in [-0.3, -0.25) is 9.55 Å². The lowest BCUT2D eigenvalue weighted by Gasteiger charge is -2.17. The van der Waals surface area contributed by atoms with Crippen molar-refractivity contribution in [2.75, 3.05) is 0 Å². The Kier molecular flexibility index (Phi) is 4.18. The molecule has 0 amide bonds. The standard InChI is InChI=1S/C28H22FN3O/c1-28(2,3)26-24-21(15-16-30-26)32(17-9-5-4-6-10-17)27(31-24)19-13-14-20(29)23-18-11-7-8-12-22(18)33-25(19)23/h4-16H,1-3H3. The van der Waals surface area contributed by atoms with Crippen molar-refractivity contribution in [2.24, 2.45) is 0 Å². The van der Waals surface area contributed by atoms with Gasteiger partial charge in [-0.2, -0.15) is 0 Å². The molecule has 33 heavy (non-hydrogen) atoms. The van der Waals surface area contributed by atoms with Gasteiger partial charge in [0.05, 0.1) is 22.2 Å². The maximum absolute atomic E-state index is 15.0. The molecule has 0 fully saturated rings. The minimum Gasteiger partial charge on any atom is -0.455 e. The second-order valence-corrected chi connectivity index (χ2v) is 9.28. The molecule has 0 aliphatic heterocycles. The van der Waals surface area contributed by atoms with Crippen molar-refractivity contribution in [1.82, 2.24) is 14.5 Å². The van der Waals surface area contributed by atoms with Gasteiger partial charge < -0.3 is 4.42 Å². The van der Waals surface area contributed by atoms with E-state index >= 15 is 0 Å². The summed E-state index contributed by atoms with van der Waals surface area (Å²) in [6, 6.07) is 22.8. The minimum absolute atomic E-state index is 0.190. The van der Waals surface area contributed by atoms with Gasteiger partial charge in [0.15, 0.2) is 0 Å². The van der Waals surface area contributed by atoms with Crippen LogP contribution in [-0.4, -0.2) is 14.5 Å². The Hall–Kier alpha value is -3.99. The van der Waals surface area contributed by atoms with Gasteiger partial charge in [0.2, 0.25) is 0 Å². The third-order valence-electron chi connectivity index (χ3n) is 6.01. The van der Waals surface area contributed by atoms with Crippen LogP contribution in [0.3, 0.4) is 0 Å². The molecular formula is C28H22FN3O. The van der Waals surface area contributed by atoms with Gasteiger partial charge in [0.1, 0.15) is 28.3 Å². The van der Waals surface area contributed by atoms with E-state index in [1.165, 1.54) is 6.07 Å². The van der Waals surface area contributed by atoms with E-state index in [0.29, 0.717) is 22.4 Å². The van der Waals surface area contributed by atoms with E-state index in [1.807, 2.05) is 66.9 Å². The zero-order valence-corrected chi connectivity index (χ0v) is 18.6. The number of rotatable bonds is 2. The van der Waals surface area contributed by atoms with Gasteiger partial charge in [-0.05, 0) is 36.4 Å². The van der Waals surface area contributed by atoms with Crippen LogP contribution in [0.15, 0.2) is 83.4 Å². The van der Waals surface area contributed by atoms with E-state index in [-0.39, 0.29) is 11.2 Å². The summed E-state index contributed by atoms with van der Waals surface area (Å²) < 4.78 is 23.3. The van der Waals surface area contributed by atoms with Crippen LogP contribution in [0, 0.1) is 5.82 Å². The van der Waals surface area contributed by atoms with Gasteiger partial charge >= 0.3 is 0 Å². The zero-order valence-electron chi connectivity index (χ0n) is 18.6. The smallest absolute Gasteiger partial charge is 0.149 e. The average molecular weight is 436 g/mol. The topological polar surface area (TPSA) is 43.9 Å². The third kappa shape index (κ3) is 2.96. The van der Waals surface area contributed by atoms with E-state index in [0.717, 1.165) is 33.4 Å². The predicted octanol–water partition coefficient (Wildman–Crippen LogP) is 7.42. The summed E-state index contributed by atoms with van der Waals surface area (Å²) in [5.74, 6) is 0.386. The van der Waals surface area contributed by atoms with Gasteiger partial charge in [0.25, 0.3) is 0 Å². The largest absolute Gasteiger partial charge is 0.455 e. The molecule has 0 N–H and O–H groups in total. The highest BCUT2D eigenvalue weighted by Gasteiger charge is 2.26. The number of halogens is 1. The monoisotopic (exact) mass is 435 g/mol. The Morgan fingerprint density at radius 1 is 0.879 bits per heavy atom. The molecule has 3 heterocycles. The molecule has 0 unspecified atom stereocenters. The second kappa shape index (κ2) is 7.01. The lowest BCUT2D eigenvalue weighted by Crippen LogP contribution is -2.14. The first-order chi connectivity index (χ1) is 15.9. The summed E-state index contributed by atoms with van der Waals surface area (Å²) in [6.45, 7) is 6.39. The molecule has 4 nitrogen and oxygen atoms in total. The SMILES string of the molecule is CC(C)(C)c1nccc2c1nc(-c1ccc(F)c3c1oc1ccccc13)n2-c1ccccc1. The van der Waals surface area contributed by atoms with Crippen molar-refractivity contribution in [3.8, 4) is 17.1 Å². The molecule has 3 aromatic carbocycles.